The molecule has 152 valence electrons. The van der Waals surface area contributed by atoms with Crippen molar-refractivity contribution in [2.75, 3.05) is 6.61 Å². The number of hydrogen-bond donors (Lipinski definition) is 4. The Hall–Kier alpha value is -1.47. The number of hydrogen-bond acceptors (Lipinski definition) is 5. The van der Waals surface area contributed by atoms with Crippen LogP contribution in [0.1, 0.15) is 48.1 Å². The monoisotopic (exact) mass is 406 g/mol. The van der Waals surface area contributed by atoms with E-state index in [1.165, 1.54) is 5.56 Å². The molecule has 1 fully saturated rings. The Balaban J connectivity index is 1.92. The summed E-state index contributed by atoms with van der Waals surface area (Å²) in [5.41, 5.74) is 3.89. The van der Waals surface area contributed by atoms with E-state index < -0.39 is 37.1 Å². The second-order valence-corrected chi connectivity index (χ2v) is 7.75. The predicted octanol–water partition coefficient (Wildman–Crippen LogP) is 2.57. The van der Waals surface area contributed by atoms with Gasteiger partial charge in [0.15, 0.2) is 0 Å². The standard InChI is InChI=1S/C22H27ClO5/c1-3-13-4-6-14(7-5-13)12(2)16-10-15(8-9-17(16)23)22-21(27)20(26)19(25)18(11-24)28-22/h4-10,12,18-22,24-27H,3,11H2,1-2H3. The number of aliphatic hydroxyl groups excluding tert-OH is 4. The van der Waals surface area contributed by atoms with Gasteiger partial charge in [0, 0.05) is 10.9 Å². The van der Waals surface area contributed by atoms with Gasteiger partial charge in [-0.3, -0.25) is 0 Å². The van der Waals surface area contributed by atoms with E-state index >= 15 is 0 Å². The van der Waals surface area contributed by atoms with Crippen molar-refractivity contribution in [3.05, 3.63) is 69.7 Å². The largest absolute Gasteiger partial charge is 0.394 e. The fourth-order valence-electron chi connectivity index (χ4n) is 3.67. The molecule has 2 aromatic rings. The highest BCUT2D eigenvalue weighted by Gasteiger charge is 2.44. The van der Waals surface area contributed by atoms with Crippen LogP contribution >= 0.6 is 11.6 Å². The Bertz CT molecular complexity index is 792. The molecule has 28 heavy (non-hydrogen) atoms. The maximum atomic E-state index is 10.4. The number of aliphatic hydroxyl groups is 4. The Labute approximate surface area is 170 Å². The fraction of sp³-hybridized carbons (Fsp3) is 0.455. The van der Waals surface area contributed by atoms with Crippen LogP contribution in [0.2, 0.25) is 5.02 Å². The third-order valence-corrected chi connectivity index (χ3v) is 5.94. The summed E-state index contributed by atoms with van der Waals surface area (Å²) in [6, 6.07) is 13.7. The zero-order valence-electron chi connectivity index (χ0n) is 16.0. The summed E-state index contributed by atoms with van der Waals surface area (Å²) >= 11 is 6.45. The van der Waals surface area contributed by atoms with Crippen LogP contribution < -0.4 is 0 Å². The first-order valence-corrected chi connectivity index (χ1v) is 9.93. The third kappa shape index (κ3) is 4.10. The van der Waals surface area contributed by atoms with Gasteiger partial charge in [0.25, 0.3) is 0 Å². The molecule has 6 unspecified atom stereocenters. The van der Waals surface area contributed by atoms with Gasteiger partial charge < -0.3 is 25.2 Å². The van der Waals surface area contributed by atoms with Crippen LogP contribution in [0.4, 0.5) is 0 Å². The Kier molecular flexibility index (Phi) is 6.76. The highest BCUT2D eigenvalue weighted by molar-refractivity contribution is 6.31. The zero-order chi connectivity index (χ0) is 20.4. The van der Waals surface area contributed by atoms with Crippen LogP contribution in [-0.2, 0) is 11.2 Å². The van der Waals surface area contributed by atoms with Crippen molar-refractivity contribution in [3.63, 3.8) is 0 Å². The summed E-state index contributed by atoms with van der Waals surface area (Å²) in [6.45, 7) is 3.71. The molecule has 1 heterocycles. The molecule has 4 N–H and O–H groups in total. The molecule has 2 aromatic carbocycles. The maximum Gasteiger partial charge on any atom is 0.113 e. The molecule has 1 saturated heterocycles. The molecular weight excluding hydrogens is 380 g/mol. The molecule has 0 radical (unpaired) electrons. The molecule has 0 aromatic heterocycles. The van der Waals surface area contributed by atoms with E-state index in [-0.39, 0.29) is 5.92 Å². The summed E-state index contributed by atoms with van der Waals surface area (Å²) in [4.78, 5) is 0. The molecule has 1 aliphatic rings. The highest BCUT2D eigenvalue weighted by atomic mass is 35.5. The molecule has 0 amide bonds. The smallest absolute Gasteiger partial charge is 0.113 e. The molecule has 6 heteroatoms. The normalized spacial score (nSPS) is 28.9. The van der Waals surface area contributed by atoms with Crippen molar-refractivity contribution >= 4 is 11.6 Å². The average molecular weight is 407 g/mol. The summed E-state index contributed by atoms with van der Waals surface area (Å²) in [7, 11) is 0. The van der Waals surface area contributed by atoms with Crippen molar-refractivity contribution in [1.82, 2.24) is 0 Å². The van der Waals surface area contributed by atoms with Crippen LogP contribution in [0, 0.1) is 0 Å². The van der Waals surface area contributed by atoms with Crippen molar-refractivity contribution in [2.45, 2.75) is 56.7 Å². The second kappa shape index (κ2) is 8.91. The van der Waals surface area contributed by atoms with Gasteiger partial charge in [-0.2, -0.15) is 0 Å². The summed E-state index contributed by atoms with van der Waals surface area (Å²) in [6.07, 6.45) is -4.94. The van der Waals surface area contributed by atoms with Crippen LogP contribution in [0.25, 0.3) is 0 Å². The SMILES string of the molecule is CCc1ccc(C(C)c2cc(C3OC(CO)C(O)C(O)C3O)ccc2Cl)cc1. The van der Waals surface area contributed by atoms with E-state index in [9.17, 15) is 20.4 Å². The summed E-state index contributed by atoms with van der Waals surface area (Å²) in [5, 5.41) is 40.5. The van der Waals surface area contributed by atoms with Gasteiger partial charge in [-0.05, 0) is 34.7 Å². The first kappa shape index (κ1) is 21.2. The lowest BCUT2D eigenvalue weighted by atomic mass is 9.87. The first-order chi connectivity index (χ1) is 13.4. The number of ether oxygens (including phenoxy) is 1. The molecule has 0 aliphatic carbocycles. The number of aryl methyl sites for hydroxylation is 1. The molecule has 0 spiro atoms. The van der Waals surface area contributed by atoms with Gasteiger partial charge in [-0.15, -0.1) is 0 Å². The lowest BCUT2D eigenvalue weighted by Gasteiger charge is -2.40. The fourth-order valence-corrected chi connectivity index (χ4v) is 3.95. The Morgan fingerprint density at radius 3 is 2.29 bits per heavy atom. The molecule has 5 nitrogen and oxygen atoms in total. The van der Waals surface area contributed by atoms with E-state index in [2.05, 4.69) is 38.1 Å². The van der Waals surface area contributed by atoms with E-state index in [4.69, 9.17) is 16.3 Å². The zero-order valence-corrected chi connectivity index (χ0v) is 16.8. The number of halogens is 1. The van der Waals surface area contributed by atoms with Gasteiger partial charge >= 0.3 is 0 Å². The van der Waals surface area contributed by atoms with E-state index in [0.29, 0.717) is 10.6 Å². The molecule has 3 rings (SSSR count). The first-order valence-electron chi connectivity index (χ1n) is 9.56. The molecular formula is C22H27ClO5. The summed E-state index contributed by atoms with van der Waals surface area (Å²) < 4.78 is 5.67. The minimum absolute atomic E-state index is 0.0169. The minimum Gasteiger partial charge on any atom is -0.394 e. The van der Waals surface area contributed by atoms with Crippen molar-refractivity contribution < 1.29 is 25.2 Å². The van der Waals surface area contributed by atoms with Crippen molar-refractivity contribution in [2.24, 2.45) is 0 Å². The van der Waals surface area contributed by atoms with Crippen molar-refractivity contribution in [3.8, 4) is 0 Å². The highest BCUT2D eigenvalue weighted by Crippen LogP contribution is 2.37. The summed E-state index contributed by atoms with van der Waals surface area (Å²) in [5.74, 6) is 0.0169. The van der Waals surface area contributed by atoms with Gasteiger partial charge in [0.2, 0.25) is 0 Å². The van der Waals surface area contributed by atoms with E-state index in [0.717, 1.165) is 17.5 Å². The quantitative estimate of drug-likeness (QED) is 0.612. The average Bonchev–Trinajstić information content (AvgIpc) is 2.72. The van der Waals surface area contributed by atoms with Crippen LogP contribution in [0.15, 0.2) is 42.5 Å². The Morgan fingerprint density at radius 1 is 1.00 bits per heavy atom. The van der Waals surface area contributed by atoms with Gasteiger partial charge in [-0.25, -0.2) is 0 Å². The predicted molar refractivity (Wildman–Crippen MR) is 108 cm³/mol. The number of benzene rings is 2. The van der Waals surface area contributed by atoms with Crippen molar-refractivity contribution in [1.29, 1.82) is 0 Å². The van der Waals surface area contributed by atoms with Gasteiger partial charge in [-0.1, -0.05) is 61.8 Å². The topological polar surface area (TPSA) is 90.2 Å². The molecule has 6 atom stereocenters. The van der Waals surface area contributed by atoms with Crippen LogP contribution in [0.5, 0.6) is 0 Å². The third-order valence-electron chi connectivity index (χ3n) is 5.60. The Morgan fingerprint density at radius 2 is 1.68 bits per heavy atom. The lowest BCUT2D eigenvalue weighted by molar-refractivity contribution is -0.231. The van der Waals surface area contributed by atoms with Crippen LogP contribution in [0.3, 0.4) is 0 Å². The molecule has 1 aliphatic heterocycles. The second-order valence-electron chi connectivity index (χ2n) is 7.35. The van der Waals surface area contributed by atoms with Gasteiger partial charge in [0.1, 0.15) is 30.5 Å². The van der Waals surface area contributed by atoms with Gasteiger partial charge in [0.05, 0.1) is 6.61 Å². The maximum absolute atomic E-state index is 10.4. The van der Waals surface area contributed by atoms with Crippen LogP contribution in [-0.4, -0.2) is 51.4 Å². The number of rotatable bonds is 5. The lowest BCUT2D eigenvalue weighted by Crippen LogP contribution is -2.55. The minimum atomic E-state index is -1.41. The van der Waals surface area contributed by atoms with E-state index in [1.54, 1.807) is 12.1 Å². The molecule has 0 saturated carbocycles. The molecule has 0 bridgehead atoms. The van der Waals surface area contributed by atoms with E-state index in [1.807, 2.05) is 6.07 Å².